The number of nitrogens with one attached hydrogen (secondary N) is 12. The molecule has 9 atom stereocenters. The topological polar surface area (TPSA) is 447 Å². The lowest BCUT2D eigenvalue weighted by Crippen LogP contribution is -2.61. The molecule has 3 aromatic heterocycles. The van der Waals surface area contributed by atoms with Gasteiger partial charge in [0, 0.05) is 97.8 Å². The van der Waals surface area contributed by atoms with Crippen LogP contribution in [0.15, 0.2) is 103 Å². The van der Waals surface area contributed by atoms with Gasteiger partial charge in [-0.05, 0) is 92.3 Å². The second-order valence-corrected chi connectivity index (χ2v) is 23.7. The number of guanidine groups is 1. The predicted octanol–water partition coefficient (Wildman–Crippen LogP) is -0.760. The third-order valence-electron chi connectivity index (χ3n) is 16.3. The van der Waals surface area contributed by atoms with Gasteiger partial charge in [0.05, 0.1) is 12.9 Å². The fourth-order valence-electron chi connectivity index (χ4n) is 11.5. The van der Waals surface area contributed by atoms with Gasteiger partial charge in [0.1, 0.15) is 60.1 Å². The van der Waals surface area contributed by atoms with Gasteiger partial charge in [0.15, 0.2) is 5.96 Å². The van der Waals surface area contributed by atoms with Crippen molar-refractivity contribution in [3.63, 3.8) is 0 Å². The Bertz CT molecular complexity index is 3640. The van der Waals surface area contributed by atoms with E-state index in [2.05, 4.69) is 72.8 Å². The van der Waals surface area contributed by atoms with E-state index in [0.717, 1.165) is 10.9 Å². The maximum absolute atomic E-state index is 15.0. The molecule has 2 saturated heterocycles. The smallest absolute Gasteiger partial charge is 0.245 e. The zero-order valence-corrected chi connectivity index (χ0v) is 52.1. The van der Waals surface area contributed by atoms with E-state index >= 15 is 4.79 Å². The van der Waals surface area contributed by atoms with Crippen LogP contribution in [0.25, 0.3) is 21.8 Å². The number of nitrogens with zero attached hydrogens (tertiary/aromatic N) is 3. The number of nitrogens with two attached hydrogens (primary N) is 2. The van der Waals surface area contributed by atoms with E-state index in [1.807, 2.05) is 44.2 Å². The summed E-state index contributed by atoms with van der Waals surface area (Å²) in [6, 6.07) is 8.40. The third-order valence-corrected chi connectivity index (χ3v) is 16.3. The molecule has 5 heterocycles. The van der Waals surface area contributed by atoms with Crippen molar-refractivity contribution in [1.82, 2.24) is 72.7 Å². The van der Waals surface area contributed by atoms with Crippen molar-refractivity contribution in [2.75, 3.05) is 26.2 Å². The first kappa shape index (κ1) is 68.6. The van der Waals surface area contributed by atoms with Crippen LogP contribution in [0.5, 0.6) is 5.75 Å². The Morgan fingerprint density at radius 2 is 1.19 bits per heavy atom. The summed E-state index contributed by atoms with van der Waals surface area (Å²) in [6.45, 7) is 5.17. The molecule has 8 rings (SSSR count). The van der Waals surface area contributed by atoms with Crippen molar-refractivity contribution in [1.29, 1.82) is 0 Å². The summed E-state index contributed by atoms with van der Waals surface area (Å²) in [6.07, 6.45) is 6.96. The predicted molar refractivity (Wildman–Crippen MR) is 343 cm³/mol. The van der Waals surface area contributed by atoms with Crippen LogP contribution in [0, 0.1) is 5.92 Å². The van der Waals surface area contributed by atoms with Gasteiger partial charge in [-0.3, -0.25) is 52.9 Å². The highest BCUT2D eigenvalue weighted by atomic mass is 16.3. The number of fused-ring (bicyclic) bond motifs is 2. The number of benzene rings is 3. The molecule has 10 amide bonds. The van der Waals surface area contributed by atoms with E-state index in [4.69, 9.17) is 11.5 Å². The Morgan fingerprint density at radius 3 is 1.73 bits per heavy atom. The number of aliphatic hydroxyl groups is 1. The molecule has 0 saturated carbocycles. The van der Waals surface area contributed by atoms with Gasteiger partial charge in [-0.1, -0.05) is 62.4 Å². The van der Waals surface area contributed by atoms with Gasteiger partial charge in [0.2, 0.25) is 59.1 Å². The molecular formula is C64H83N17O12. The number of hydrogen-bond acceptors (Lipinski definition) is 14. The second-order valence-electron chi connectivity index (χ2n) is 23.7. The Kier molecular flexibility index (Phi) is 24.1. The number of carbonyl (C=O) groups excluding carboxylic acids is 10. The number of aliphatic hydroxyl groups excluding tert-OH is 1. The number of likely N-dealkylation sites (N-methyl/N-ethyl adjacent to an activating group) is 1. The summed E-state index contributed by atoms with van der Waals surface area (Å²) < 4.78 is 0. The summed E-state index contributed by atoms with van der Waals surface area (Å²) in [5, 5.41) is 47.0. The van der Waals surface area contributed by atoms with Crippen molar-refractivity contribution in [2.24, 2.45) is 22.4 Å². The van der Waals surface area contributed by atoms with Crippen molar-refractivity contribution in [2.45, 2.75) is 146 Å². The molecule has 18 N–H and O–H groups in total. The number of rotatable bonds is 32. The third kappa shape index (κ3) is 18.9. The number of hydrogen-bond donors (Lipinski definition) is 16. The molecule has 29 heteroatoms. The zero-order valence-electron chi connectivity index (χ0n) is 52.1. The SMILES string of the molecule is CCNC(=O)C1CCCN1C(=O)C(CC(C)C)NC(=O)C(Cc1c[nH]c2ccccc12)NC(=O)C(CCCN=C(N)N)NC(=O)C(Cc1ccc(O)cc1)NC(=O)C(CO)NC(=O)C(Cc1c[nH]c2ccccc12)NC(=O)C(Cc1cnc[nH]1)NC(=O)C1CCC(=O)N1. The standard InChI is InChI=1S/C64H83N17O12/c1-4-68-62(92)53-16-10-24-81(53)63(93)51(25-35(2)3)79-58(88)48(27-37-30-70-43-13-7-5-11-41(37)43)76-55(85)45(15-9-23-69-64(65)66)74-57(87)47(26-36-17-19-40(83)20-18-36)75-61(91)52(33-82)80-59(89)49(28-38-31-71-44-14-8-6-12-42(38)44)77-60(90)50(29-39-32-67-34-72-39)78-56(86)46-21-22-54(84)73-46/h5-8,11-14,17-20,30-32,34-35,45-53,70-71,82-83H,4,9-10,15-16,21-29,33H2,1-3H3,(H,67,72)(H,68,92)(H,73,84)(H,74,87)(H,75,91)(H,76,85)(H,77,90)(H,78,86)(H,79,88)(H,80,89)(H4,65,66,69). The van der Waals surface area contributed by atoms with Gasteiger partial charge in [-0.2, -0.15) is 0 Å². The lowest BCUT2D eigenvalue weighted by atomic mass is 9.99. The van der Waals surface area contributed by atoms with Crippen molar-refractivity contribution >= 4 is 86.8 Å². The number of aromatic amines is 3. The fraction of sp³-hybridized carbons (Fsp3) is 0.438. The van der Waals surface area contributed by atoms with Gasteiger partial charge < -0.3 is 89.4 Å². The number of likely N-dealkylation sites (tertiary alicyclic amines) is 1. The van der Waals surface area contributed by atoms with Crippen LogP contribution in [0.1, 0.15) is 88.1 Å². The van der Waals surface area contributed by atoms with Gasteiger partial charge in [0.25, 0.3) is 0 Å². The van der Waals surface area contributed by atoms with E-state index in [-0.39, 0.29) is 93.8 Å². The summed E-state index contributed by atoms with van der Waals surface area (Å²) >= 11 is 0. The first-order valence-corrected chi connectivity index (χ1v) is 31.2. The minimum absolute atomic E-state index is 0.000960. The Labute approximate surface area is 536 Å². The van der Waals surface area contributed by atoms with E-state index in [0.29, 0.717) is 59.2 Å². The molecule has 93 heavy (non-hydrogen) atoms. The number of H-pyrrole nitrogens is 3. The van der Waals surface area contributed by atoms with Crippen LogP contribution >= 0.6 is 0 Å². The Balaban J connectivity index is 1.05. The highest BCUT2D eigenvalue weighted by molar-refractivity contribution is 6.00. The van der Waals surface area contributed by atoms with Crippen molar-refractivity contribution in [3.8, 4) is 5.75 Å². The van der Waals surface area contributed by atoms with E-state index in [1.165, 1.54) is 41.7 Å². The van der Waals surface area contributed by atoms with Crippen LogP contribution in [-0.4, -0.2) is 181 Å². The lowest BCUT2D eigenvalue weighted by Gasteiger charge is -2.31. The van der Waals surface area contributed by atoms with Gasteiger partial charge in [-0.15, -0.1) is 0 Å². The normalized spacial score (nSPS) is 16.8. The molecule has 29 nitrogen and oxygen atoms in total. The molecule has 9 unspecified atom stereocenters. The number of carbonyl (C=O) groups is 10. The second kappa shape index (κ2) is 32.6. The summed E-state index contributed by atoms with van der Waals surface area (Å²) in [5.41, 5.74) is 14.8. The number of aromatic nitrogens is 4. The largest absolute Gasteiger partial charge is 0.508 e. The number of phenolic OH excluding ortho intramolecular Hbond substituents is 1. The molecule has 0 radical (unpaired) electrons. The van der Waals surface area contributed by atoms with Crippen LogP contribution in [0.3, 0.4) is 0 Å². The van der Waals surface area contributed by atoms with Crippen molar-refractivity contribution < 1.29 is 58.2 Å². The van der Waals surface area contributed by atoms with Crippen LogP contribution in [0.2, 0.25) is 0 Å². The van der Waals surface area contributed by atoms with Crippen molar-refractivity contribution in [3.05, 3.63) is 120 Å². The number of aliphatic imine (C=N–C) groups is 1. The number of amides is 10. The maximum Gasteiger partial charge on any atom is 0.245 e. The average molecular weight is 1280 g/mol. The Morgan fingerprint density at radius 1 is 0.656 bits per heavy atom. The number of aromatic hydroxyl groups is 1. The molecule has 2 aliphatic heterocycles. The molecule has 3 aromatic carbocycles. The summed E-state index contributed by atoms with van der Waals surface area (Å²) in [4.78, 5) is 160. The minimum atomic E-state index is -1.79. The van der Waals surface area contributed by atoms with E-state index in [9.17, 15) is 53.4 Å². The van der Waals surface area contributed by atoms with Crippen LogP contribution in [0.4, 0.5) is 0 Å². The molecule has 0 aliphatic carbocycles. The average Bonchev–Trinajstić information content (AvgIpc) is 1.82. The first-order valence-electron chi connectivity index (χ1n) is 31.2. The maximum atomic E-state index is 15.0. The van der Waals surface area contributed by atoms with E-state index < -0.39 is 108 Å². The molecule has 2 aliphatic rings. The molecule has 0 bridgehead atoms. The number of para-hydroxylation sites is 2. The first-order chi connectivity index (χ1) is 44.7. The minimum Gasteiger partial charge on any atom is -0.508 e. The molecule has 496 valence electrons. The van der Waals surface area contributed by atoms with Crippen LogP contribution < -0.4 is 59.3 Å². The monoisotopic (exact) mass is 1280 g/mol. The fourth-order valence-corrected chi connectivity index (χ4v) is 11.5. The summed E-state index contributed by atoms with van der Waals surface area (Å²) in [7, 11) is 0. The molecule has 0 spiro atoms. The molecule has 6 aromatic rings. The molecule has 2 fully saturated rings. The van der Waals surface area contributed by atoms with Crippen LogP contribution in [-0.2, 0) is 73.6 Å². The highest BCUT2D eigenvalue weighted by Crippen LogP contribution is 2.24. The Hall–Kier alpha value is -10.3. The zero-order chi connectivity index (χ0) is 66.7. The molecular weight excluding hydrogens is 1200 g/mol. The highest BCUT2D eigenvalue weighted by Gasteiger charge is 2.40. The quantitative estimate of drug-likeness (QED) is 0.0140. The van der Waals surface area contributed by atoms with E-state index in [1.54, 1.807) is 37.5 Å². The number of imidazole rings is 1. The number of phenols is 1. The van der Waals surface area contributed by atoms with Gasteiger partial charge in [-0.25, -0.2) is 4.98 Å². The van der Waals surface area contributed by atoms with Gasteiger partial charge >= 0.3 is 0 Å². The summed E-state index contributed by atoms with van der Waals surface area (Å²) in [5.74, 6) is -7.59. The lowest BCUT2D eigenvalue weighted by molar-refractivity contribution is -0.142.